The first-order chi connectivity index (χ1) is 8.24. The Morgan fingerprint density at radius 1 is 0.632 bits per heavy atom. The molecule has 1 rings (SSSR count). The van der Waals surface area contributed by atoms with Gasteiger partial charge in [-0.3, -0.25) is 0 Å². The molecule has 0 nitrogen and oxygen atoms in total. The minimum Gasteiger partial charge on any atom is -0.0683 e. The van der Waals surface area contributed by atoms with Crippen molar-refractivity contribution in [2.24, 2.45) is 16.2 Å². The van der Waals surface area contributed by atoms with Crippen molar-refractivity contribution in [2.75, 3.05) is 6.66 Å². The lowest BCUT2D eigenvalue weighted by molar-refractivity contribution is 0.458. The highest BCUT2D eigenvalue weighted by Crippen LogP contribution is 2.64. The van der Waals surface area contributed by atoms with Gasteiger partial charge in [-0.05, 0) is 33.5 Å². The molecule has 0 atom stereocenters. The molecule has 0 bridgehead atoms. The van der Waals surface area contributed by atoms with Gasteiger partial charge < -0.3 is 0 Å². The average Bonchev–Trinajstić information content (AvgIpc) is 2.11. The van der Waals surface area contributed by atoms with Gasteiger partial charge in [-0.15, -0.1) is 0 Å². The molecule has 0 fully saturated rings. The Labute approximate surface area is 122 Å². The fourth-order valence-electron chi connectivity index (χ4n) is 2.53. The topological polar surface area (TPSA) is 0 Å². The molecule has 1 radical (unpaired) electrons. The summed E-state index contributed by atoms with van der Waals surface area (Å²) in [5, 5.41) is 3.28. The number of hydrogen-bond donors (Lipinski definition) is 0. The summed E-state index contributed by atoms with van der Waals surface area (Å²) in [5.74, 6) is 1.49. The maximum Gasteiger partial charge on any atom is 0.0254 e. The molecule has 0 N–H and O–H groups in total. The van der Waals surface area contributed by atoms with E-state index in [0.717, 1.165) is 0 Å². The predicted molar refractivity (Wildman–Crippen MR) is 90.6 cm³/mol. The molecule has 0 amide bonds. The van der Waals surface area contributed by atoms with E-state index in [1.54, 1.807) is 10.6 Å². The normalized spacial score (nSPS) is 20.3. The van der Waals surface area contributed by atoms with Gasteiger partial charge in [0.25, 0.3) is 0 Å². The molecule has 0 aromatic carbocycles. The first kappa shape index (κ1) is 17.0. The van der Waals surface area contributed by atoms with Gasteiger partial charge in [0.2, 0.25) is 0 Å². The summed E-state index contributed by atoms with van der Waals surface area (Å²) in [7, 11) is -0.167. The fraction of sp³-hybridized carbons (Fsp3) is 0.722. The second-order valence-electron chi connectivity index (χ2n) is 8.82. The lowest BCUT2D eigenvalue weighted by Gasteiger charge is -2.42. The molecule has 0 aromatic rings. The second kappa shape index (κ2) is 5.03. The Bertz CT molecular complexity index is 359. The monoisotopic (exact) mass is 279 g/mol. The van der Waals surface area contributed by atoms with Crippen LogP contribution in [-0.4, -0.2) is 6.66 Å². The van der Waals surface area contributed by atoms with Crippen LogP contribution in [-0.2, 0) is 0 Å². The minimum atomic E-state index is -0.167. The molecule has 0 spiro atoms. The van der Waals surface area contributed by atoms with Crippen LogP contribution in [0.4, 0.5) is 0 Å². The predicted octanol–water partition coefficient (Wildman–Crippen LogP) is 6.59. The van der Waals surface area contributed by atoms with E-state index < -0.39 is 0 Å². The molecule has 0 unspecified atom stereocenters. The van der Waals surface area contributed by atoms with Crippen molar-refractivity contribution in [2.45, 2.75) is 62.3 Å². The Morgan fingerprint density at radius 2 is 0.947 bits per heavy atom. The van der Waals surface area contributed by atoms with Crippen molar-refractivity contribution in [3.63, 3.8) is 0 Å². The quantitative estimate of drug-likeness (QED) is 0.439. The molecule has 1 heterocycles. The third kappa shape index (κ3) is 3.94. The van der Waals surface area contributed by atoms with Gasteiger partial charge in [-0.1, -0.05) is 82.4 Å². The van der Waals surface area contributed by atoms with Gasteiger partial charge in [0, 0.05) is 5.92 Å². The number of allylic oxidation sites excluding steroid dienone is 4. The molecular weight excluding hydrogens is 247 g/mol. The highest BCUT2D eigenvalue weighted by atomic mass is 31.1. The van der Waals surface area contributed by atoms with E-state index in [1.165, 1.54) is 5.92 Å². The van der Waals surface area contributed by atoms with E-state index >= 15 is 0 Å². The van der Waals surface area contributed by atoms with Gasteiger partial charge in [0.1, 0.15) is 0 Å². The van der Waals surface area contributed by atoms with Gasteiger partial charge in [0.15, 0.2) is 0 Å². The van der Waals surface area contributed by atoms with E-state index in [-0.39, 0.29) is 24.2 Å². The average molecular weight is 279 g/mol. The summed E-state index contributed by atoms with van der Waals surface area (Å²) in [4.78, 5) is 0. The fourth-order valence-corrected chi connectivity index (χ4v) is 5.47. The van der Waals surface area contributed by atoms with E-state index in [1.807, 2.05) is 0 Å². The zero-order valence-corrected chi connectivity index (χ0v) is 15.5. The van der Waals surface area contributed by atoms with E-state index in [9.17, 15) is 0 Å². The number of rotatable bonds is 0. The molecule has 1 heteroatoms. The summed E-state index contributed by atoms with van der Waals surface area (Å²) >= 11 is 0. The van der Waals surface area contributed by atoms with Crippen molar-refractivity contribution in [3.8, 4) is 0 Å². The largest absolute Gasteiger partial charge is 0.0683 e. The van der Waals surface area contributed by atoms with Crippen LogP contribution in [0.25, 0.3) is 0 Å². The Kier molecular flexibility index (Phi) is 4.49. The molecule has 0 saturated carbocycles. The highest BCUT2D eigenvalue weighted by Gasteiger charge is 2.36. The molecule has 1 aliphatic heterocycles. The Balaban J connectivity index is 3.35. The zero-order chi connectivity index (χ0) is 15.2. The van der Waals surface area contributed by atoms with Crippen LogP contribution in [0.15, 0.2) is 22.8 Å². The van der Waals surface area contributed by atoms with Gasteiger partial charge in [-0.2, -0.15) is 0 Å². The SMILES string of the molecule is CP1C(C(C)(C)C)=C[C](C(C)(C)C)C=C1C(C)(C)C. The lowest BCUT2D eigenvalue weighted by Crippen LogP contribution is -2.23. The number of hydrogen-bond acceptors (Lipinski definition) is 0. The van der Waals surface area contributed by atoms with Crippen LogP contribution in [0, 0.1) is 22.2 Å². The van der Waals surface area contributed by atoms with Crippen LogP contribution in [0.3, 0.4) is 0 Å². The van der Waals surface area contributed by atoms with Gasteiger partial charge in [0.05, 0.1) is 0 Å². The maximum absolute atomic E-state index is 2.49. The molecule has 0 saturated heterocycles. The summed E-state index contributed by atoms with van der Waals surface area (Å²) in [5.41, 5.74) is 0.757. The van der Waals surface area contributed by atoms with Crippen LogP contribution < -0.4 is 0 Å². The van der Waals surface area contributed by atoms with E-state index in [0.29, 0.717) is 0 Å². The van der Waals surface area contributed by atoms with Crippen LogP contribution >= 0.6 is 7.92 Å². The van der Waals surface area contributed by atoms with Crippen molar-refractivity contribution in [3.05, 3.63) is 28.7 Å². The van der Waals surface area contributed by atoms with Crippen molar-refractivity contribution >= 4 is 7.92 Å². The van der Waals surface area contributed by atoms with Crippen molar-refractivity contribution in [1.29, 1.82) is 0 Å². The van der Waals surface area contributed by atoms with E-state index in [4.69, 9.17) is 0 Å². The van der Waals surface area contributed by atoms with Crippen molar-refractivity contribution in [1.82, 2.24) is 0 Å². The summed E-state index contributed by atoms with van der Waals surface area (Å²) in [6.45, 7) is 23.5. The van der Waals surface area contributed by atoms with Crippen LogP contribution in [0.1, 0.15) is 62.3 Å². The molecule has 19 heavy (non-hydrogen) atoms. The zero-order valence-electron chi connectivity index (χ0n) is 14.6. The standard InChI is InChI=1S/C18H32P/c1-16(2,3)13-11-14(17(4,5)6)19(10)15(12-13)18(7,8)9/h11-12H,1-10H3. The molecule has 1 aliphatic rings. The highest BCUT2D eigenvalue weighted by molar-refractivity contribution is 7.65. The summed E-state index contributed by atoms with van der Waals surface area (Å²) < 4.78 is 0. The van der Waals surface area contributed by atoms with Gasteiger partial charge in [-0.25, -0.2) is 0 Å². The second-order valence-corrected chi connectivity index (χ2v) is 10.9. The first-order valence-corrected chi connectivity index (χ1v) is 9.09. The third-order valence-electron chi connectivity index (χ3n) is 3.71. The van der Waals surface area contributed by atoms with E-state index in [2.05, 4.69) is 81.1 Å². The van der Waals surface area contributed by atoms with Crippen molar-refractivity contribution < 1.29 is 0 Å². The minimum absolute atomic E-state index is 0.167. The first-order valence-electron chi connectivity index (χ1n) is 7.30. The smallest absolute Gasteiger partial charge is 0.0254 e. The Hall–Kier alpha value is -0.0900. The third-order valence-corrected chi connectivity index (χ3v) is 6.76. The maximum atomic E-state index is 2.49. The molecular formula is C18H32P. The summed E-state index contributed by atoms with van der Waals surface area (Å²) in [6, 6.07) is 0. The molecule has 109 valence electrons. The molecule has 0 aliphatic carbocycles. The Morgan fingerprint density at radius 3 is 1.16 bits per heavy atom. The van der Waals surface area contributed by atoms with Crippen LogP contribution in [0.2, 0.25) is 0 Å². The lowest BCUT2D eigenvalue weighted by atomic mass is 9.77. The van der Waals surface area contributed by atoms with Crippen LogP contribution in [0.5, 0.6) is 0 Å². The summed E-state index contributed by atoms with van der Waals surface area (Å²) in [6.07, 6.45) is 4.97. The molecule has 0 aromatic heterocycles. The van der Waals surface area contributed by atoms with Gasteiger partial charge >= 0.3 is 0 Å².